The summed E-state index contributed by atoms with van der Waals surface area (Å²) in [4.78, 5) is 25.9. The molecule has 1 unspecified atom stereocenters. The van der Waals surface area contributed by atoms with Crippen LogP contribution in [-0.4, -0.2) is 17.7 Å². The standard InChI is InChI=1S/C32H32O6/c1-2-3-4-5-6-7-18-36-24-14-10-21(11-15-24)26-19-29(34)38-28-17-16-25-31(35)27(20-37-32(25)30(26)28)22-8-12-23(33)13-9-22/h8-17,20,26,33H,2-7,18-19H2,1H3. The number of fused-ring (bicyclic) bond motifs is 3. The van der Waals surface area contributed by atoms with Gasteiger partial charge < -0.3 is 19.0 Å². The fourth-order valence-electron chi connectivity index (χ4n) is 5.05. The van der Waals surface area contributed by atoms with Gasteiger partial charge in [0.25, 0.3) is 0 Å². The molecular formula is C32H32O6. The van der Waals surface area contributed by atoms with Crippen molar-refractivity contribution in [1.29, 1.82) is 0 Å². The van der Waals surface area contributed by atoms with Gasteiger partial charge in [-0.3, -0.25) is 9.59 Å². The number of phenols is 1. The van der Waals surface area contributed by atoms with Crippen LogP contribution in [-0.2, 0) is 4.79 Å². The van der Waals surface area contributed by atoms with Crippen LogP contribution in [0.2, 0.25) is 0 Å². The van der Waals surface area contributed by atoms with Crippen molar-refractivity contribution in [3.8, 4) is 28.4 Å². The van der Waals surface area contributed by atoms with Gasteiger partial charge in [-0.05, 0) is 53.9 Å². The van der Waals surface area contributed by atoms with E-state index in [4.69, 9.17) is 13.9 Å². The van der Waals surface area contributed by atoms with Crippen molar-refractivity contribution in [1.82, 2.24) is 0 Å². The van der Waals surface area contributed by atoms with Crippen LogP contribution in [0.25, 0.3) is 22.1 Å². The minimum Gasteiger partial charge on any atom is -0.508 e. The number of carbonyl (C=O) groups is 1. The summed E-state index contributed by atoms with van der Waals surface area (Å²) < 4.78 is 17.5. The van der Waals surface area contributed by atoms with Crippen molar-refractivity contribution in [2.75, 3.05) is 6.61 Å². The van der Waals surface area contributed by atoms with Gasteiger partial charge in [0.05, 0.1) is 24.0 Å². The lowest BCUT2D eigenvalue weighted by Gasteiger charge is -2.25. The molecule has 4 aromatic rings. The number of aromatic hydroxyl groups is 1. The summed E-state index contributed by atoms with van der Waals surface area (Å²) in [7, 11) is 0. The Labute approximate surface area is 221 Å². The number of benzene rings is 3. The molecule has 1 N–H and O–H groups in total. The van der Waals surface area contributed by atoms with Crippen molar-refractivity contribution in [2.45, 2.75) is 57.8 Å². The monoisotopic (exact) mass is 512 g/mol. The first-order chi connectivity index (χ1) is 18.5. The zero-order valence-electron chi connectivity index (χ0n) is 21.6. The molecular weight excluding hydrogens is 480 g/mol. The Morgan fingerprint density at radius 2 is 1.63 bits per heavy atom. The molecule has 0 amide bonds. The van der Waals surface area contributed by atoms with E-state index in [0.29, 0.717) is 40.0 Å². The largest absolute Gasteiger partial charge is 0.508 e. The maximum atomic E-state index is 13.4. The van der Waals surface area contributed by atoms with Crippen LogP contribution < -0.4 is 14.9 Å². The smallest absolute Gasteiger partial charge is 0.312 e. The van der Waals surface area contributed by atoms with Gasteiger partial charge in [0.2, 0.25) is 5.43 Å². The molecule has 1 atom stereocenters. The summed E-state index contributed by atoms with van der Waals surface area (Å²) in [6.45, 7) is 2.90. The lowest BCUT2D eigenvalue weighted by Crippen LogP contribution is -2.22. The van der Waals surface area contributed by atoms with Crippen molar-refractivity contribution in [3.05, 3.63) is 88.3 Å². The Morgan fingerprint density at radius 1 is 0.895 bits per heavy atom. The molecule has 6 heteroatoms. The zero-order chi connectivity index (χ0) is 26.5. The van der Waals surface area contributed by atoms with Gasteiger partial charge >= 0.3 is 5.97 Å². The van der Waals surface area contributed by atoms with Crippen molar-refractivity contribution in [2.24, 2.45) is 0 Å². The van der Waals surface area contributed by atoms with E-state index in [1.807, 2.05) is 24.3 Å². The summed E-state index contributed by atoms with van der Waals surface area (Å²) in [5.74, 6) is 0.682. The van der Waals surface area contributed by atoms with Crippen molar-refractivity contribution >= 4 is 16.9 Å². The van der Waals surface area contributed by atoms with Gasteiger partial charge in [-0.15, -0.1) is 0 Å². The third-order valence-corrected chi connectivity index (χ3v) is 7.11. The number of hydrogen-bond acceptors (Lipinski definition) is 6. The Balaban J connectivity index is 1.40. The first kappa shape index (κ1) is 25.6. The first-order valence-corrected chi connectivity index (χ1v) is 13.4. The fraction of sp³-hybridized carbons (Fsp3) is 0.312. The lowest BCUT2D eigenvalue weighted by atomic mass is 9.85. The summed E-state index contributed by atoms with van der Waals surface area (Å²) in [5, 5.41) is 10.0. The number of hydrogen-bond donors (Lipinski definition) is 1. The molecule has 0 saturated carbocycles. The van der Waals surface area contributed by atoms with Crippen LogP contribution in [0.4, 0.5) is 0 Å². The Hall–Kier alpha value is -4.06. The van der Waals surface area contributed by atoms with E-state index in [1.165, 1.54) is 50.5 Å². The van der Waals surface area contributed by atoms with Gasteiger partial charge in [-0.1, -0.05) is 63.3 Å². The van der Waals surface area contributed by atoms with Crippen LogP contribution in [0.5, 0.6) is 17.2 Å². The Morgan fingerprint density at radius 3 is 2.39 bits per heavy atom. The lowest BCUT2D eigenvalue weighted by molar-refractivity contribution is -0.135. The highest BCUT2D eigenvalue weighted by molar-refractivity contribution is 5.90. The molecule has 0 saturated heterocycles. The number of rotatable bonds is 10. The molecule has 196 valence electrons. The maximum Gasteiger partial charge on any atom is 0.312 e. The molecule has 0 spiro atoms. The van der Waals surface area contributed by atoms with E-state index in [1.54, 1.807) is 24.3 Å². The molecule has 2 heterocycles. The third-order valence-electron chi connectivity index (χ3n) is 7.11. The highest BCUT2D eigenvalue weighted by atomic mass is 16.5. The highest BCUT2D eigenvalue weighted by Crippen LogP contribution is 2.43. The number of unbranched alkanes of at least 4 members (excludes halogenated alkanes) is 5. The quantitative estimate of drug-likeness (QED) is 0.136. The molecule has 0 bridgehead atoms. The highest BCUT2D eigenvalue weighted by Gasteiger charge is 2.32. The SMILES string of the molecule is CCCCCCCCOc1ccc(C2CC(=O)Oc3ccc4c(=O)c(-c5ccc(O)cc5)coc4c32)cc1. The van der Waals surface area contributed by atoms with E-state index in [2.05, 4.69) is 6.92 Å². The van der Waals surface area contributed by atoms with Gasteiger partial charge in [0, 0.05) is 11.5 Å². The van der Waals surface area contributed by atoms with Crippen molar-refractivity contribution in [3.63, 3.8) is 0 Å². The van der Waals surface area contributed by atoms with Crippen LogP contribution in [0, 0.1) is 0 Å². The second kappa shape index (κ2) is 11.5. The molecule has 0 aliphatic carbocycles. The molecule has 6 nitrogen and oxygen atoms in total. The normalized spacial score (nSPS) is 14.8. The maximum absolute atomic E-state index is 13.4. The average molecular weight is 513 g/mol. The summed E-state index contributed by atoms with van der Waals surface area (Å²) in [6, 6.07) is 17.5. The van der Waals surface area contributed by atoms with E-state index < -0.39 is 0 Å². The summed E-state index contributed by atoms with van der Waals surface area (Å²) >= 11 is 0. The number of ether oxygens (including phenoxy) is 2. The molecule has 1 aliphatic rings. The molecule has 1 aliphatic heterocycles. The second-order valence-electron chi connectivity index (χ2n) is 9.80. The van der Waals surface area contributed by atoms with E-state index in [-0.39, 0.29) is 29.5 Å². The van der Waals surface area contributed by atoms with Gasteiger partial charge in [-0.25, -0.2) is 0 Å². The molecule has 1 aromatic heterocycles. The van der Waals surface area contributed by atoms with Crippen LogP contribution >= 0.6 is 0 Å². The van der Waals surface area contributed by atoms with Crippen LogP contribution in [0.3, 0.4) is 0 Å². The predicted molar refractivity (Wildman–Crippen MR) is 147 cm³/mol. The minimum atomic E-state index is -0.326. The molecule has 38 heavy (non-hydrogen) atoms. The Bertz CT molecular complexity index is 1470. The molecule has 0 radical (unpaired) electrons. The van der Waals surface area contributed by atoms with Gasteiger partial charge in [0.15, 0.2) is 0 Å². The van der Waals surface area contributed by atoms with Crippen LogP contribution in [0.15, 0.2) is 76.1 Å². The van der Waals surface area contributed by atoms with Crippen LogP contribution in [0.1, 0.15) is 68.9 Å². The van der Waals surface area contributed by atoms with E-state index >= 15 is 0 Å². The van der Waals surface area contributed by atoms with Gasteiger partial charge in [-0.2, -0.15) is 0 Å². The third kappa shape index (κ3) is 5.44. The summed E-state index contributed by atoms with van der Waals surface area (Å²) in [5.41, 5.74) is 2.89. The second-order valence-corrected chi connectivity index (χ2v) is 9.80. The topological polar surface area (TPSA) is 86.0 Å². The predicted octanol–water partition coefficient (Wildman–Crippen LogP) is 7.35. The van der Waals surface area contributed by atoms with Crippen molar-refractivity contribution < 1.29 is 23.8 Å². The molecule has 3 aromatic carbocycles. The number of phenolic OH excluding ortho intramolecular Hbond substituents is 1. The number of carbonyl (C=O) groups excluding carboxylic acids is 1. The van der Waals surface area contributed by atoms with E-state index in [9.17, 15) is 14.7 Å². The minimum absolute atomic E-state index is 0.122. The fourth-order valence-corrected chi connectivity index (χ4v) is 5.05. The number of esters is 1. The summed E-state index contributed by atoms with van der Waals surface area (Å²) in [6.07, 6.45) is 8.85. The Kier molecular flexibility index (Phi) is 7.78. The average Bonchev–Trinajstić information content (AvgIpc) is 2.93. The molecule has 5 rings (SSSR count). The first-order valence-electron chi connectivity index (χ1n) is 13.4. The zero-order valence-corrected chi connectivity index (χ0v) is 21.6. The molecule has 0 fully saturated rings. The van der Waals surface area contributed by atoms with E-state index in [0.717, 1.165) is 17.7 Å². The van der Waals surface area contributed by atoms with Gasteiger partial charge in [0.1, 0.15) is 29.1 Å².